The van der Waals surface area contributed by atoms with Gasteiger partial charge in [-0.15, -0.1) is 0 Å². The van der Waals surface area contributed by atoms with Gasteiger partial charge in [0.05, 0.1) is 0 Å². The Balaban J connectivity index is 1.95. The van der Waals surface area contributed by atoms with Crippen LogP contribution in [0.3, 0.4) is 0 Å². The molecule has 19 heavy (non-hydrogen) atoms. The first-order chi connectivity index (χ1) is 9.25. The van der Waals surface area contributed by atoms with E-state index in [0.29, 0.717) is 12.1 Å². The predicted molar refractivity (Wildman–Crippen MR) is 72.8 cm³/mol. The molecule has 3 rings (SSSR count). The summed E-state index contributed by atoms with van der Waals surface area (Å²) >= 11 is 0. The fourth-order valence-electron chi connectivity index (χ4n) is 2.49. The number of amides is 1. The van der Waals surface area contributed by atoms with Crippen LogP contribution in [0.1, 0.15) is 22.3 Å². The van der Waals surface area contributed by atoms with Gasteiger partial charge in [-0.05, 0) is 48.7 Å². The molecule has 2 aromatic rings. The van der Waals surface area contributed by atoms with Crippen LogP contribution in [0.15, 0.2) is 48.5 Å². The van der Waals surface area contributed by atoms with Gasteiger partial charge in [-0.25, -0.2) is 4.39 Å². The molecule has 96 valence electrons. The fraction of sp³-hybridized carbons (Fsp3) is 0.188. The number of halogens is 1. The Kier molecular flexibility index (Phi) is 3.03. The Morgan fingerprint density at radius 1 is 1.05 bits per heavy atom. The molecule has 0 saturated carbocycles. The van der Waals surface area contributed by atoms with Gasteiger partial charge in [0.15, 0.2) is 0 Å². The molecular formula is C16H14FNO. The van der Waals surface area contributed by atoms with Gasteiger partial charge in [0, 0.05) is 17.8 Å². The molecule has 1 aliphatic heterocycles. The minimum atomic E-state index is -0.324. The monoisotopic (exact) mass is 255 g/mol. The average Bonchev–Trinajstić information content (AvgIpc) is 2.47. The highest BCUT2D eigenvalue weighted by Crippen LogP contribution is 2.28. The standard InChI is InChI=1S/C16H14FNO/c17-14-9-7-13(8-10-14)16(19)18-11-3-5-12-4-1-2-6-15(12)18/h1-2,4,6-10H,3,5,11H2. The molecule has 1 heterocycles. The molecule has 0 unspecified atom stereocenters. The van der Waals surface area contributed by atoms with Crippen molar-refractivity contribution in [1.29, 1.82) is 0 Å². The highest BCUT2D eigenvalue weighted by molar-refractivity contribution is 6.06. The van der Waals surface area contributed by atoms with E-state index in [0.717, 1.165) is 18.5 Å². The zero-order valence-electron chi connectivity index (χ0n) is 10.5. The lowest BCUT2D eigenvalue weighted by Gasteiger charge is -2.29. The number of carbonyl (C=O) groups excluding carboxylic acids is 1. The smallest absolute Gasteiger partial charge is 0.258 e. The van der Waals surface area contributed by atoms with Crippen LogP contribution in [0, 0.1) is 5.82 Å². The van der Waals surface area contributed by atoms with Crippen LogP contribution >= 0.6 is 0 Å². The first-order valence-corrected chi connectivity index (χ1v) is 6.41. The van der Waals surface area contributed by atoms with Crippen molar-refractivity contribution in [1.82, 2.24) is 0 Å². The van der Waals surface area contributed by atoms with Crippen molar-refractivity contribution in [3.05, 3.63) is 65.5 Å². The highest BCUT2D eigenvalue weighted by atomic mass is 19.1. The lowest BCUT2D eigenvalue weighted by Crippen LogP contribution is -2.35. The van der Waals surface area contributed by atoms with Gasteiger partial charge in [-0.3, -0.25) is 4.79 Å². The zero-order chi connectivity index (χ0) is 13.2. The van der Waals surface area contributed by atoms with E-state index in [1.807, 2.05) is 18.2 Å². The Hall–Kier alpha value is -2.16. The van der Waals surface area contributed by atoms with Crippen molar-refractivity contribution < 1.29 is 9.18 Å². The summed E-state index contributed by atoms with van der Waals surface area (Å²) in [6, 6.07) is 13.7. The van der Waals surface area contributed by atoms with E-state index in [1.54, 1.807) is 4.90 Å². The first-order valence-electron chi connectivity index (χ1n) is 6.41. The van der Waals surface area contributed by atoms with E-state index >= 15 is 0 Å². The minimum Gasteiger partial charge on any atom is -0.308 e. The first kappa shape index (κ1) is 11.9. The molecule has 0 bridgehead atoms. The summed E-state index contributed by atoms with van der Waals surface area (Å²) in [4.78, 5) is 14.3. The Morgan fingerprint density at radius 3 is 2.58 bits per heavy atom. The number of rotatable bonds is 1. The van der Waals surface area contributed by atoms with Crippen LogP contribution in [0.2, 0.25) is 0 Å². The molecule has 1 aliphatic rings. The van der Waals surface area contributed by atoms with E-state index in [9.17, 15) is 9.18 Å². The lowest BCUT2D eigenvalue weighted by molar-refractivity contribution is 0.0985. The molecule has 2 nitrogen and oxygen atoms in total. The van der Waals surface area contributed by atoms with Crippen LogP contribution < -0.4 is 4.90 Å². The second-order valence-electron chi connectivity index (χ2n) is 4.70. The summed E-state index contributed by atoms with van der Waals surface area (Å²) in [6.45, 7) is 0.715. The van der Waals surface area contributed by atoms with Crippen molar-refractivity contribution >= 4 is 11.6 Å². The molecule has 0 radical (unpaired) electrons. The van der Waals surface area contributed by atoms with Crippen LogP contribution in [-0.2, 0) is 6.42 Å². The molecule has 0 N–H and O–H groups in total. The second-order valence-corrected chi connectivity index (χ2v) is 4.70. The summed E-state index contributed by atoms with van der Waals surface area (Å²) < 4.78 is 12.9. The third kappa shape index (κ3) is 2.24. The maximum absolute atomic E-state index is 12.9. The van der Waals surface area contributed by atoms with Crippen molar-refractivity contribution in [2.24, 2.45) is 0 Å². The van der Waals surface area contributed by atoms with Gasteiger partial charge in [0.1, 0.15) is 5.82 Å². The molecule has 0 aromatic heterocycles. The van der Waals surface area contributed by atoms with Crippen molar-refractivity contribution in [2.75, 3.05) is 11.4 Å². The van der Waals surface area contributed by atoms with Gasteiger partial charge in [-0.2, -0.15) is 0 Å². The van der Waals surface area contributed by atoms with E-state index in [1.165, 1.54) is 29.8 Å². The van der Waals surface area contributed by atoms with E-state index in [-0.39, 0.29) is 11.7 Å². The summed E-state index contributed by atoms with van der Waals surface area (Å²) in [6.07, 6.45) is 1.97. The van der Waals surface area contributed by atoms with Crippen molar-refractivity contribution in [3.63, 3.8) is 0 Å². The van der Waals surface area contributed by atoms with Crippen LogP contribution in [-0.4, -0.2) is 12.5 Å². The van der Waals surface area contributed by atoms with Gasteiger partial charge >= 0.3 is 0 Å². The van der Waals surface area contributed by atoms with Crippen molar-refractivity contribution in [2.45, 2.75) is 12.8 Å². The molecule has 0 saturated heterocycles. The topological polar surface area (TPSA) is 20.3 Å². The maximum Gasteiger partial charge on any atom is 0.258 e. The summed E-state index contributed by atoms with van der Waals surface area (Å²) in [5.41, 5.74) is 2.70. The van der Waals surface area contributed by atoms with E-state index < -0.39 is 0 Å². The van der Waals surface area contributed by atoms with E-state index in [2.05, 4.69) is 6.07 Å². The molecule has 1 amide bonds. The number of hydrogen-bond donors (Lipinski definition) is 0. The molecular weight excluding hydrogens is 241 g/mol. The third-order valence-corrected chi connectivity index (χ3v) is 3.45. The predicted octanol–water partition coefficient (Wildman–Crippen LogP) is 3.42. The summed E-state index contributed by atoms with van der Waals surface area (Å²) in [7, 11) is 0. The van der Waals surface area contributed by atoms with Gasteiger partial charge in [0.25, 0.3) is 5.91 Å². The minimum absolute atomic E-state index is 0.0628. The molecule has 3 heteroatoms. The lowest BCUT2D eigenvalue weighted by atomic mass is 10.0. The second kappa shape index (κ2) is 4.84. The number of benzene rings is 2. The largest absolute Gasteiger partial charge is 0.308 e. The number of para-hydroxylation sites is 1. The molecule has 0 fully saturated rings. The number of carbonyl (C=O) groups is 1. The quantitative estimate of drug-likeness (QED) is 0.764. The number of nitrogens with zero attached hydrogens (tertiary/aromatic N) is 1. The zero-order valence-corrected chi connectivity index (χ0v) is 10.5. The number of anilines is 1. The van der Waals surface area contributed by atoms with Crippen LogP contribution in [0.5, 0.6) is 0 Å². The Labute approximate surface area is 111 Å². The number of fused-ring (bicyclic) bond motifs is 1. The maximum atomic E-state index is 12.9. The third-order valence-electron chi connectivity index (χ3n) is 3.45. The number of hydrogen-bond acceptors (Lipinski definition) is 1. The summed E-state index contributed by atoms with van der Waals surface area (Å²) in [5.74, 6) is -0.386. The highest BCUT2D eigenvalue weighted by Gasteiger charge is 2.22. The average molecular weight is 255 g/mol. The van der Waals surface area contributed by atoms with Crippen LogP contribution in [0.4, 0.5) is 10.1 Å². The Morgan fingerprint density at radius 2 is 1.79 bits per heavy atom. The molecule has 0 spiro atoms. The number of aryl methyl sites for hydroxylation is 1. The van der Waals surface area contributed by atoms with Gasteiger partial charge < -0.3 is 4.90 Å². The summed E-state index contributed by atoms with van der Waals surface area (Å²) in [5, 5.41) is 0. The molecule has 0 atom stereocenters. The fourth-order valence-corrected chi connectivity index (χ4v) is 2.49. The van der Waals surface area contributed by atoms with Crippen LogP contribution in [0.25, 0.3) is 0 Å². The molecule has 0 aliphatic carbocycles. The van der Waals surface area contributed by atoms with Gasteiger partial charge in [0.2, 0.25) is 0 Å². The van der Waals surface area contributed by atoms with Crippen molar-refractivity contribution in [3.8, 4) is 0 Å². The Bertz CT molecular complexity index is 606. The normalized spacial score (nSPS) is 14.1. The SMILES string of the molecule is O=C(c1ccc(F)cc1)N1CCCc2ccccc21. The van der Waals surface area contributed by atoms with E-state index in [4.69, 9.17) is 0 Å². The van der Waals surface area contributed by atoms with Gasteiger partial charge in [-0.1, -0.05) is 18.2 Å². The molecule has 2 aromatic carbocycles.